The molecule has 0 aliphatic rings. The highest BCUT2D eigenvalue weighted by Gasteiger charge is 2.35. The molecule has 15 nitrogen and oxygen atoms in total. The molecule has 5 N–H and O–H groups in total. The molecule has 0 aliphatic heterocycles. The molecule has 1 aromatic rings. The number of alkyl carbamates (subject to hydrolysis) is 1. The minimum absolute atomic E-state index is 0.0220. The molecule has 0 fully saturated rings. The van der Waals surface area contributed by atoms with Crippen LogP contribution in [0.1, 0.15) is 94.1 Å². The maximum absolute atomic E-state index is 13.8. The van der Waals surface area contributed by atoms with E-state index in [-0.39, 0.29) is 25.3 Å². The first-order valence-electron chi connectivity index (χ1n) is 17.2. The molecule has 0 spiro atoms. The first kappa shape index (κ1) is 45.3. The number of hydrogen-bond acceptors (Lipinski definition) is 10. The van der Waals surface area contributed by atoms with Crippen molar-refractivity contribution in [2.45, 2.75) is 130 Å². The Kier molecular flexibility index (Phi) is 18.0. The minimum atomic E-state index is -4.56. The fourth-order valence-corrected chi connectivity index (χ4v) is 5.90. The Bertz CT molecular complexity index is 1410. The predicted molar refractivity (Wildman–Crippen MR) is 192 cm³/mol. The van der Waals surface area contributed by atoms with Gasteiger partial charge in [0.2, 0.25) is 11.8 Å². The normalized spacial score (nSPS) is 14.5. The highest BCUT2D eigenvalue weighted by atomic mass is 32.2. The van der Waals surface area contributed by atoms with Gasteiger partial charge in [-0.1, -0.05) is 58.0 Å². The smallest absolute Gasteiger partial charge is 0.407 e. The summed E-state index contributed by atoms with van der Waals surface area (Å²) < 4.78 is 47.4. The van der Waals surface area contributed by atoms with Gasteiger partial charge in [0.15, 0.2) is 0 Å². The van der Waals surface area contributed by atoms with Crippen molar-refractivity contribution in [1.29, 1.82) is 0 Å². The number of benzene rings is 1. The molecule has 1 aromatic carbocycles. The molecule has 0 aliphatic carbocycles. The van der Waals surface area contributed by atoms with E-state index >= 15 is 0 Å². The van der Waals surface area contributed by atoms with Gasteiger partial charge in [0.1, 0.15) is 35.4 Å². The van der Waals surface area contributed by atoms with E-state index in [1.807, 2.05) is 0 Å². The number of unbranched alkanes of at least 4 members (excludes halogenated alkanes) is 1. The van der Waals surface area contributed by atoms with E-state index in [2.05, 4.69) is 25.4 Å². The SMILES string of the molecule is COC(=O)[C@@H](NC(=O)[C@@H](NC(=O)[C@H](Cc1ccccc1)NS(=O)(=O)N[C@@H](CCCCNC(=O)OC(C)(C)C)C(=O)OC(C)(C)C)C(C)C)C(C)C. The third-order valence-electron chi connectivity index (χ3n) is 7.14. The largest absolute Gasteiger partial charge is 0.467 e. The number of hydrogen-bond donors (Lipinski definition) is 5. The number of carbonyl (C=O) groups is 5. The van der Waals surface area contributed by atoms with Gasteiger partial charge in [0.05, 0.1) is 7.11 Å². The first-order chi connectivity index (χ1) is 23.4. The number of carbonyl (C=O) groups excluding carboxylic acids is 5. The van der Waals surface area contributed by atoms with Crippen molar-refractivity contribution in [3.05, 3.63) is 35.9 Å². The van der Waals surface area contributed by atoms with Gasteiger partial charge in [-0.15, -0.1) is 0 Å². The third kappa shape index (κ3) is 18.3. The van der Waals surface area contributed by atoms with Gasteiger partial charge in [-0.25, -0.2) is 9.59 Å². The average molecular weight is 742 g/mol. The fourth-order valence-electron chi connectivity index (χ4n) is 4.68. The van der Waals surface area contributed by atoms with Gasteiger partial charge in [-0.2, -0.15) is 17.9 Å². The number of amides is 3. The monoisotopic (exact) mass is 741 g/mol. The van der Waals surface area contributed by atoms with E-state index in [1.54, 1.807) is 99.6 Å². The van der Waals surface area contributed by atoms with Crippen molar-refractivity contribution in [1.82, 2.24) is 25.4 Å². The van der Waals surface area contributed by atoms with Crippen LogP contribution in [0.5, 0.6) is 0 Å². The lowest BCUT2D eigenvalue weighted by Crippen LogP contribution is -2.59. The van der Waals surface area contributed by atoms with Crippen LogP contribution < -0.4 is 25.4 Å². The summed E-state index contributed by atoms with van der Waals surface area (Å²) in [5.74, 6) is -3.68. The van der Waals surface area contributed by atoms with Crippen molar-refractivity contribution in [2.75, 3.05) is 13.7 Å². The topological polar surface area (TPSA) is 207 Å². The summed E-state index contributed by atoms with van der Waals surface area (Å²) in [5, 5.41) is 7.90. The lowest BCUT2D eigenvalue weighted by molar-refractivity contribution is -0.157. The molecular weight excluding hydrogens is 682 g/mol. The standard InChI is InChI=1S/C35H59N5O10S/c1-22(2)27(30(42)38-28(23(3)4)32(44)48-11)37-29(41)26(21-24-17-13-12-14-18-24)40-51(46,47)39-25(31(43)49-34(5,6)7)19-15-16-20-36-33(45)50-35(8,9)10/h12-14,17-18,22-23,25-28,39-40H,15-16,19-21H2,1-11H3,(H,36,45)(H,37,41)(H,38,42)/t25-,26-,27-,28-/m0/s1. The van der Waals surface area contributed by atoms with Crippen molar-refractivity contribution in [3.8, 4) is 0 Å². The number of nitrogens with one attached hydrogen (secondary N) is 5. The zero-order chi connectivity index (χ0) is 39.2. The highest BCUT2D eigenvalue weighted by Crippen LogP contribution is 2.14. The zero-order valence-corrected chi connectivity index (χ0v) is 32.7. The quantitative estimate of drug-likeness (QED) is 0.0796. The fraction of sp³-hybridized carbons (Fsp3) is 0.686. The van der Waals surface area contributed by atoms with Crippen molar-refractivity contribution < 1.29 is 46.6 Å². The van der Waals surface area contributed by atoms with E-state index in [0.717, 1.165) is 0 Å². The second-order valence-corrected chi connectivity index (χ2v) is 16.5. The van der Waals surface area contributed by atoms with Crippen molar-refractivity contribution in [3.63, 3.8) is 0 Å². The average Bonchev–Trinajstić information content (AvgIpc) is 2.99. The van der Waals surface area contributed by atoms with Crippen LogP contribution >= 0.6 is 0 Å². The molecule has 4 atom stereocenters. The third-order valence-corrected chi connectivity index (χ3v) is 8.33. The lowest BCUT2D eigenvalue weighted by Gasteiger charge is -2.28. The first-order valence-corrected chi connectivity index (χ1v) is 18.6. The van der Waals surface area contributed by atoms with Crippen LogP contribution in [-0.4, -0.2) is 87.3 Å². The van der Waals surface area contributed by atoms with Crippen molar-refractivity contribution in [2.24, 2.45) is 11.8 Å². The predicted octanol–water partition coefficient (Wildman–Crippen LogP) is 2.88. The van der Waals surface area contributed by atoms with Crippen LogP contribution in [0.3, 0.4) is 0 Å². The number of esters is 2. The van der Waals surface area contributed by atoms with Gasteiger partial charge in [0.25, 0.3) is 10.2 Å². The summed E-state index contributed by atoms with van der Waals surface area (Å²) in [7, 11) is -3.35. The van der Waals surface area contributed by atoms with E-state index in [4.69, 9.17) is 14.2 Å². The molecule has 0 saturated carbocycles. The maximum atomic E-state index is 13.8. The second kappa shape index (κ2) is 20.3. The molecule has 0 unspecified atom stereocenters. The Morgan fingerprint density at radius 1 is 0.706 bits per heavy atom. The van der Waals surface area contributed by atoms with Crippen LogP contribution in [0.2, 0.25) is 0 Å². The van der Waals surface area contributed by atoms with Crippen LogP contribution in [-0.2, 0) is 50.0 Å². The number of rotatable bonds is 19. The van der Waals surface area contributed by atoms with E-state index < -0.39 is 81.3 Å². The van der Waals surface area contributed by atoms with E-state index in [1.165, 1.54) is 7.11 Å². The molecule has 1 rings (SSSR count). The van der Waals surface area contributed by atoms with Crippen LogP contribution in [0, 0.1) is 11.8 Å². The highest BCUT2D eigenvalue weighted by molar-refractivity contribution is 7.87. The van der Waals surface area contributed by atoms with Gasteiger partial charge in [-0.05, 0) is 84.6 Å². The van der Waals surface area contributed by atoms with Crippen molar-refractivity contribution >= 4 is 40.1 Å². The molecule has 51 heavy (non-hydrogen) atoms. The van der Waals surface area contributed by atoms with E-state index in [9.17, 15) is 32.4 Å². The van der Waals surface area contributed by atoms with Gasteiger partial charge in [-0.3, -0.25) is 14.4 Å². The molecule has 290 valence electrons. The summed E-state index contributed by atoms with van der Waals surface area (Å²) in [6.45, 7) is 17.2. The van der Waals surface area contributed by atoms with Crippen LogP contribution in [0.15, 0.2) is 30.3 Å². The molecule has 16 heteroatoms. The Morgan fingerprint density at radius 2 is 1.24 bits per heavy atom. The van der Waals surface area contributed by atoms with Crippen LogP contribution in [0.25, 0.3) is 0 Å². The summed E-state index contributed by atoms with van der Waals surface area (Å²) in [5.41, 5.74) is -0.967. The minimum Gasteiger partial charge on any atom is -0.467 e. The Labute approximate surface area is 303 Å². The molecule has 0 saturated heterocycles. The molecule has 0 bridgehead atoms. The number of methoxy groups -OCH3 is 1. The molecular formula is C35H59N5O10S. The Hall–Kier alpha value is -3.76. The summed E-state index contributed by atoms with van der Waals surface area (Å²) in [6, 6.07) is 3.81. The molecule has 0 aromatic heterocycles. The number of ether oxygens (including phenoxy) is 3. The van der Waals surface area contributed by atoms with E-state index in [0.29, 0.717) is 18.4 Å². The zero-order valence-electron chi connectivity index (χ0n) is 31.9. The summed E-state index contributed by atoms with van der Waals surface area (Å²) in [4.78, 5) is 64.5. The summed E-state index contributed by atoms with van der Waals surface area (Å²) >= 11 is 0. The van der Waals surface area contributed by atoms with Gasteiger partial charge < -0.3 is 30.2 Å². The molecule has 0 radical (unpaired) electrons. The lowest BCUT2D eigenvalue weighted by atomic mass is 9.99. The van der Waals surface area contributed by atoms with Crippen LogP contribution in [0.4, 0.5) is 4.79 Å². The Balaban J connectivity index is 3.24. The second-order valence-electron chi connectivity index (χ2n) is 15.0. The maximum Gasteiger partial charge on any atom is 0.407 e. The van der Waals surface area contributed by atoms with Gasteiger partial charge >= 0.3 is 18.0 Å². The Morgan fingerprint density at radius 3 is 1.75 bits per heavy atom. The molecule has 0 heterocycles. The summed E-state index contributed by atoms with van der Waals surface area (Å²) in [6.07, 6.45) is 0.0566. The van der Waals surface area contributed by atoms with Gasteiger partial charge in [0, 0.05) is 6.54 Å². The molecule has 3 amide bonds.